The summed E-state index contributed by atoms with van der Waals surface area (Å²) in [6.07, 6.45) is 4.09. The smallest absolute Gasteiger partial charge is 0.0640 e. The minimum absolute atomic E-state index is 0.216. The number of aromatic nitrogens is 2. The van der Waals surface area contributed by atoms with Crippen LogP contribution in [0.2, 0.25) is 0 Å². The van der Waals surface area contributed by atoms with Gasteiger partial charge >= 0.3 is 0 Å². The average molecular weight is 300 g/mol. The van der Waals surface area contributed by atoms with E-state index in [2.05, 4.69) is 54.6 Å². The van der Waals surface area contributed by atoms with Crippen molar-refractivity contribution in [2.75, 3.05) is 11.5 Å². The molecular weight excluding hydrogens is 274 g/mol. The van der Waals surface area contributed by atoms with Gasteiger partial charge in [0.1, 0.15) is 0 Å². The highest BCUT2D eigenvalue weighted by Gasteiger charge is 2.28. The Morgan fingerprint density at radius 3 is 2.89 bits per heavy atom. The largest absolute Gasteiger partial charge is 0.326 e. The Morgan fingerprint density at radius 2 is 2.21 bits per heavy atom. The van der Waals surface area contributed by atoms with E-state index in [9.17, 15) is 0 Å². The summed E-state index contributed by atoms with van der Waals surface area (Å²) in [5.41, 5.74) is 7.54. The fourth-order valence-corrected chi connectivity index (χ4v) is 5.29. The van der Waals surface area contributed by atoms with Crippen molar-refractivity contribution in [1.29, 1.82) is 0 Å². The summed E-state index contributed by atoms with van der Waals surface area (Å²) in [4.78, 5) is 0. The van der Waals surface area contributed by atoms with Crippen LogP contribution < -0.4 is 5.73 Å². The van der Waals surface area contributed by atoms with Crippen molar-refractivity contribution in [3.63, 3.8) is 0 Å². The van der Waals surface area contributed by atoms with Gasteiger partial charge in [0.15, 0.2) is 0 Å². The number of nitrogens with two attached hydrogens (primary N) is 1. The van der Waals surface area contributed by atoms with Crippen molar-refractivity contribution in [3.05, 3.63) is 18.0 Å². The van der Waals surface area contributed by atoms with Crippen LogP contribution in [0.4, 0.5) is 0 Å². The first-order valence-corrected chi connectivity index (χ1v) is 9.24. The van der Waals surface area contributed by atoms with Gasteiger partial charge in [-0.2, -0.15) is 28.6 Å². The fraction of sp³-hybridized carbons (Fsp3) is 0.786. The van der Waals surface area contributed by atoms with E-state index in [0.717, 1.165) is 18.5 Å². The summed E-state index contributed by atoms with van der Waals surface area (Å²) in [6.45, 7) is 6.70. The van der Waals surface area contributed by atoms with E-state index < -0.39 is 0 Å². The molecule has 4 unspecified atom stereocenters. The van der Waals surface area contributed by atoms with Crippen LogP contribution >= 0.6 is 23.5 Å². The minimum Gasteiger partial charge on any atom is -0.326 e. The molecule has 3 nitrogen and oxygen atoms in total. The van der Waals surface area contributed by atoms with E-state index in [1.54, 1.807) is 0 Å². The Hall–Kier alpha value is -0.130. The molecule has 1 aliphatic heterocycles. The van der Waals surface area contributed by atoms with E-state index in [1.807, 2.05) is 11.8 Å². The third kappa shape index (κ3) is 3.92. The predicted octanol–water partition coefficient (Wildman–Crippen LogP) is 2.96. The molecule has 0 radical (unpaired) electrons. The van der Waals surface area contributed by atoms with Crippen molar-refractivity contribution in [2.24, 2.45) is 5.73 Å². The number of thioether (sulfide) groups is 2. The Labute approximate surface area is 125 Å². The lowest BCUT2D eigenvalue weighted by molar-refractivity contribution is 0.470. The SMILES string of the molecule is CCC(C)n1ccc(CC(N)C2SCCSC2C)n1. The van der Waals surface area contributed by atoms with Gasteiger partial charge in [-0.05, 0) is 19.4 Å². The summed E-state index contributed by atoms with van der Waals surface area (Å²) in [7, 11) is 0. The van der Waals surface area contributed by atoms with Crippen molar-refractivity contribution >= 4 is 23.5 Å². The first-order chi connectivity index (χ1) is 9.11. The van der Waals surface area contributed by atoms with Crippen LogP contribution in [0, 0.1) is 0 Å². The fourth-order valence-electron chi connectivity index (χ4n) is 2.40. The van der Waals surface area contributed by atoms with Crippen molar-refractivity contribution in [1.82, 2.24) is 9.78 Å². The molecule has 0 saturated carbocycles. The maximum atomic E-state index is 6.41. The number of hydrogen-bond donors (Lipinski definition) is 1. The zero-order valence-corrected chi connectivity index (χ0v) is 13.7. The van der Waals surface area contributed by atoms with Crippen LogP contribution in [0.15, 0.2) is 12.3 Å². The van der Waals surface area contributed by atoms with E-state index in [1.165, 1.54) is 11.5 Å². The van der Waals surface area contributed by atoms with Crippen LogP contribution in [0.3, 0.4) is 0 Å². The van der Waals surface area contributed by atoms with Crippen LogP contribution in [-0.2, 0) is 6.42 Å². The molecule has 2 heterocycles. The van der Waals surface area contributed by atoms with E-state index in [4.69, 9.17) is 5.73 Å². The first kappa shape index (κ1) is 15.3. The highest BCUT2D eigenvalue weighted by Crippen LogP contribution is 2.33. The third-order valence-electron chi connectivity index (χ3n) is 3.81. The molecule has 4 atom stereocenters. The van der Waals surface area contributed by atoms with Gasteiger partial charge in [-0.1, -0.05) is 13.8 Å². The normalized spacial score (nSPS) is 27.2. The highest BCUT2D eigenvalue weighted by molar-refractivity contribution is 8.07. The molecule has 0 aliphatic carbocycles. The summed E-state index contributed by atoms with van der Waals surface area (Å²) in [5, 5.41) is 5.88. The maximum Gasteiger partial charge on any atom is 0.0640 e. The molecule has 1 saturated heterocycles. The molecule has 0 amide bonds. The van der Waals surface area contributed by atoms with E-state index in [0.29, 0.717) is 16.5 Å². The molecule has 2 N–H and O–H groups in total. The number of rotatable bonds is 5. The molecule has 0 aromatic carbocycles. The zero-order chi connectivity index (χ0) is 13.8. The zero-order valence-electron chi connectivity index (χ0n) is 12.1. The molecule has 2 rings (SSSR count). The van der Waals surface area contributed by atoms with Crippen molar-refractivity contribution < 1.29 is 0 Å². The van der Waals surface area contributed by atoms with Gasteiger partial charge in [0.2, 0.25) is 0 Å². The lowest BCUT2D eigenvalue weighted by Gasteiger charge is -2.32. The van der Waals surface area contributed by atoms with Crippen molar-refractivity contribution in [2.45, 2.75) is 56.2 Å². The third-order valence-corrected chi connectivity index (χ3v) is 7.08. The number of nitrogens with zero attached hydrogens (tertiary/aromatic N) is 2. The first-order valence-electron chi connectivity index (χ1n) is 7.14. The van der Waals surface area contributed by atoms with Gasteiger partial charge in [0.05, 0.1) is 5.69 Å². The van der Waals surface area contributed by atoms with Gasteiger partial charge in [0.25, 0.3) is 0 Å². The highest BCUT2D eigenvalue weighted by atomic mass is 32.2. The Balaban J connectivity index is 1.94. The average Bonchev–Trinajstić information content (AvgIpc) is 2.86. The van der Waals surface area contributed by atoms with Crippen molar-refractivity contribution in [3.8, 4) is 0 Å². The Bertz CT molecular complexity index is 394. The van der Waals surface area contributed by atoms with Crippen LogP contribution in [-0.4, -0.2) is 37.8 Å². The van der Waals surface area contributed by atoms with Gasteiger partial charge in [-0.3, -0.25) is 4.68 Å². The summed E-state index contributed by atoms with van der Waals surface area (Å²) in [6, 6.07) is 2.81. The van der Waals surface area contributed by atoms with E-state index >= 15 is 0 Å². The molecule has 1 aliphatic rings. The Kier molecular flexibility index (Phi) is 5.66. The minimum atomic E-state index is 0.216. The predicted molar refractivity (Wildman–Crippen MR) is 87.1 cm³/mol. The molecule has 1 aromatic rings. The summed E-state index contributed by atoms with van der Waals surface area (Å²) < 4.78 is 2.06. The monoisotopic (exact) mass is 299 g/mol. The van der Waals surface area contributed by atoms with Crippen LogP contribution in [0.1, 0.15) is 38.9 Å². The molecule has 1 fully saturated rings. The number of hydrogen-bond acceptors (Lipinski definition) is 4. The lowest BCUT2D eigenvalue weighted by atomic mass is 10.1. The maximum absolute atomic E-state index is 6.41. The van der Waals surface area contributed by atoms with Gasteiger partial charge < -0.3 is 5.73 Å². The molecule has 0 bridgehead atoms. The molecule has 19 heavy (non-hydrogen) atoms. The van der Waals surface area contributed by atoms with E-state index in [-0.39, 0.29) is 6.04 Å². The van der Waals surface area contributed by atoms with Crippen LogP contribution in [0.25, 0.3) is 0 Å². The van der Waals surface area contributed by atoms with Gasteiger partial charge in [-0.25, -0.2) is 0 Å². The molecule has 5 heteroatoms. The summed E-state index contributed by atoms with van der Waals surface area (Å²) in [5.74, 6) is 2.49. The second kappa shape index (κ2) is 7.04. The second-order valence-corrected chi connectivity index (χ2v) is 8.09. The molecular formula is C14H25N3S2. The second-order valence-electron chi connectivity index (χ2n) is 5.32. The lowest BCUT2D eigenvalue weighted by Crippen LogP contribution is -2.42. The standard InChI is InChI=1S/C14H25N3S2/c1-4-10(2)17-6-5-12(16-17)9-13(15)14-11(3)18-7-8-19-14/h5-6,10-11,13-14H,4,7-9,15H2,1-3H3. The quantitative estimate of drug-likeness (QED) is 0.908. The van der Waals surface area contributed by atoms with Gasteiger partial charge in [0, 0.05) is 46.7 Å². The Morgan fingerprint density at radius 1 is 1.47 bits per heavy atom. The molecule has 0 spiro atoms. The van der Waals surface area contributed by atoms with Crippen LogP contribution in [0.5, 0.6) is 0 Å². The van der Waals surface area contributed by atoms with Gasteiger partial charge in [-0.15, -0.1) is 0 Å². The molecule has 108 valence electrons. The molecule has 1 aromatic heterocycles. The topological polar surface area (TPSA) is 43.8 Å². The summed E-state index contributed by atoms with van der Waals surface area (Å²) >= 11 is 4.09.